The fourth-order valence-corrected chi connectivity index (χ4v) is 4.54. The van der Waals surface area contributed by atoms with Gasteiger partial charge in [0, 0.05) is 34.8 Å². The molecule has 5 nitrogen and oxygen atoms in total. The van der Waals surface area contributed by atoms with Crippen molar-refractivity contribution in [1.29, 1.82) is 0 Å². The van der Waals surface area contributed by atoms with Crippen LogP contribution in [0.5, 0.6) is 0 Å². The van der Waals surface area contributed by atoms with Gasteiger partial charge in [-0.2, -0.15) is 0 Å². The van der Waals surface area contributed by atoms with E-state index >= 15 is 0 Å². The van der Waals surface area contributed by atoms with E-state index in [1.54, 1.807) is 24.5 Å². The Labute approximate surface area is 153 Å². The normalized spacial score (nSPS) is 17.0. The summed E-state index contributed by atoms with van der Waals surface area (Å²) in [5.41, 5.74) is 2.02. The maximum atomic E-state index is 12.5. The third-order valence-electron chi connectivity index (χ3n) is 4.02. The highest BCUT2D eigenvalue weighted by atomic mass is 32.2. The molecule has 0 fully saturated rings. The van der Waals surface area contributed by atoms with Gasteiger partial charge in [-0.3, -0.25) is 19.1 Å². The van der Waals surface area contributed by atoms with Crippen molar-refractivity contribution in [3.05, 3.63) is 46.0 Å². The largest absolute Gasteiger partial charge is 0.298 e. The number of nitrogens with one attached hydrogen (secondary N) is 1. The van der Waals surface area contributed by atoms with Gasteiger partial charge in [0.25, 0.3) is 5.91 Å². The number of rotatable bonds is 4. The van der Waals surface area contributed by atoms with E-state index in [1.807, 2.05) is 6.07 Å². The van der Waals surface area contributed by atoms with E-state index in [0.717, 1.165) is 17.7 Å². The van der Waals surface area contributed by atoms with Gasteiger partial charge in [0.1, 0.15) is 0 Å². The van der Waals surface area contributed by atoms with Crippen LogP contribution in [-0.4, -0.2) is 27.1 Å². The van der Waals surface area contributed by atoms with Crippen LogP contribution < -0.4 is 5.32 Å². The molecule has 1 N–H and O–H groups in total. The Balaban J connectivity index is 1.78. The molecule has 0 bridgehead atoms. The lowest BCUT2D eigenvalue weighted by Gasteiger charge is -2.26. The Morgan fingerprint density at radius 3 is 2.84 bits per heavy atom. The molecular weight excluding hydrogens is 356 g/mol. The zero-order valence-electron chi connectivity index (χ0n) is 14.4. The molecule has 1 aliphatic rings. The van der Waals surface area contributed by atoms with Crippen LogP contribution in [0.25, 0.3) is 0 Å². The molecule has 1 unspecified atom stereocenters. The number of anilines is 1. The lowest BCUT2D eigenvalue weighted by atomic mass is 9.78. The summed E-state index contributed by atoms with van der Waals surface area (Å²) in [7, 11) is -0.962. The van der Waals surface area contributed by atoms with Crippen LogP contribution in [0.1, 0.15) is 51.6 Å². The molecule has 0 saturated carbocycles. The Morgan fingerprint density at radius 2 is 2.12 bits per heavy atom. The van der Waals surface area contributed by atoms with E-state index in [9.17, 15) is 13.8 Å². The van der Waals surface area contributed by atoms with Crippen molar-refractivity contribution < 1.29 is 13.8 Å². The highest BCUT2D eigenvalue weighted by molar-refractivity contribution is 7.83. The van der Waals surface area contributed by atoms with Crippen LogP contribution in [0.3, 0.4) is 0 Å². The molecule has 1 amide bonds. The number of ketones is 1. The number of aromatic nitrogens is 1. The minimum absolute atomic E-state index is 0.0937. The fraction of sp³-hybridized carbons (Fsp3) is 0.389. The average molecular weight is 377 g/mol. The van der Waals surface area contributed by atoms with Gasteiger partial charge in [0.2, 0.25) is 0 Å². The molecule has 0 radical (unpaired) electrons. The number of hydrogen-bond donors (Lipinski definition) is 1. The molecular formula is C18H20N2O3S2. The van der Waals surface area contributed by atoms with Gasteiger partial charge in [0.05, 0.1) is 10.6 Å². The lowest BCUT2D eigenvalue weighted by Crippen LogP contribution is -2.26. The quantitative estimate of drug-likeness (QED) is 0.887. The van der Waals surface area contributed by atoms with E-state index in [2.05, 4.69) is 24.1 Å². The summed E-state index contributed by atoms with van der Waals surface area (Å²) in [6.45, 7) is 4.10. The summed E-state index contributed by atoms with van der Waals surface area (Å²) < 4.78 is 11.4. The van der Waals surface area contributed by atoms with Crippen LogP contribution in [0.15, 0.2) is 24.3 Å². The summed E-state index contributed by atoms with van der Waals surface area (Å²) in [6, 6.07) is 7.06. The van der Waals surface area contributed by atoms with Crippen LogP contribution in [-0.2, 0) is 23.0 Å². The number of benzene rings is 1. The molecule has 1 heterocycles. The van der Waals surface area contributed by atoms with E-state index in [-0.39, 0.29) is 17.1 Å². The van der Waals surface area contributed by atoms with E-state index in [4.69, 9.17) is 0 Å². The molecule has 3 rings (SSSR count). The average Bonchev–Trinajstić information content (AvgIpc) is 2.88. The van der Waals surface area contributed by atoms with Gasteiger partial charge in [-0.25, -0.2) is 4.98 Å². The van der Waals surface area contributed by atoms with Crippen LogP contribution in [0.4, 0.5) is 5.13 Å². The SMILES string of the molecule is CS(=O)Cc1cccc(C(=O)Nc2nc3c(s2)C(=O)CC(C)(C)C3)c1. The minimum atomic E-state index is -0.962. The molecule has 25 heavy (non-hydrogen) atoms. The predicted molar refractivity (Wildman–Crippen MR) is 101 cm³/mol. The lowest BCUT2D eigenvalue weighted by molar-refractivity contribution is 0.0915. The maximum Gasteiger partial charge on any atom is 0.257 e. The number of Topliss-reactive ketones (excluding diaryl/α,β-unsaturated/α-hetero) is 1. The molecule has 7 heteroatoms. The zero-order chi connectivity index (χ0) is 18.2. The summed E-state index contributed by atoms with van der Waals surface area (Å²) in [6.07, 6.45) is 2.87. The molecule has 0 saturated heterocycles. The Bertz CT molecular complexity index is 871. The van der Waals surface area contributed by atoms with Gasteiger partial charge in [-0.05, 0) is 29.5 Å². The van der Waals surface area contributed by atoms with Gasteiger partial charge < -0.3 is 0 Å². The number of nitrogens with zero attached hydrogens (tertiary/aromatic N) is 1. The first-order valence-corrected chi connectivity index (χ1v) is 10.5. The minimum Gasteiger partial charge on any atom is -0.298 e. The third-order valence-corrected chi connectivity index (χ3v) is 5.81. The number of hydrogen-bond acceptors (Lipinski definition) is 5. The number of fused-ring (bicyclic) bond motifs is 1. The highest BCUT2D eigenvalue weighted by Gasteiger charge is 2.34. The second-order valence-corrected chi connectivity index (χ2v) is 9.54. The van der Waals surface area contributed by atoms with Crippen molar-refractivity contribution in [2.24, 2.45) is 5.41 Å². The third kappa shape index (κ3) is 4.22. The summed E-state index contributed by atoms with van der Waals surface area (Å²) >= 11 is 1.24. The fourth-order valence-electron chi connectivity index (χ4n) is 2.98. The number of carbonyl (C=O) groups excluding carboxylic acids is 2. The first-order valence-electron chi connectivity index (χ1n) is 7.97. The van der Waals surface area contributed by atoms with E-state index < -0.39 is 10.8 Å². The molecule has 0 aliphatic heterocycles. The van der Waals surface area contributed by atoms with E-state index in [1.165, 1.54) is 11.3 Å². The maximum absolute atomic E-state index is 12.5. The molecule has 2 aromatic rings. The van der Waals surface area contributed by atoms with Crippen LogP contribution in [0.2, 0.25) is 0 Å². The van der Waals surface area contributed by atoms with Gasteiger partial charge in [0.15, 0.2) is 10.9 Å². The van der Waals surface area contributed by atoms with E-state index in [0.29, 0.717) is 27.7 Å². The van der Waals surface area contributed by atoms with Crippen LogP contribution >= 0.6 is 11.3 Å². The zero-order valence-corrected chi connectivity index (χ0v) is 16.1. The van der Waals surface area contributed by atoms with Gasteiger partial charge in [-0.1, -0.05) is 37.3 Å². The topological polar surface area (TPSA) is 76.1 Å². The number of carbonyl (C=O) groups is 2. The van der Waals surface area contributed by atoms with Crippen molar-refractivity contribution in [2.45, 2.75) is 32.4 Å². The molecule has 1 aromatic heterocycles. The first-order chi connectivity index (χ1) is 11.7. The Kier molecular flexibility index (Phi) is 4.88. The van der Waals surface area contributed by atoms with Crippen molar-refractivity contribution in [3.63, 3.8) is 0 Å². The highest BCUT2D eigenvalue weighted by Crippen LogP contribution is 2.38. The molecule has 1 atom stereocenters. The molecule has 1 aromatic carbocycles. The van der Waals surface area contributed by atoms with Gasteiger partial charge in [-0.15, -0.1) is 0 Å². The second kappa shape index (κ2) is 6.80. The smallest absolute Gasteiger partial charge is 0.257 e. The Hall–Kier alpha value is -1.86. The standard InChI is InChI=1S/C18H20N2O3S2/c1-18(2)8-13-15(14(21)9-18)24-17(19-13)20-16(22)12-6-4-5-11(7-12)10-25(3)23/h4-7H,8-10H2,1-3H3,(H,19,20,22). The van der Waals surface area contributed by atoms with Crippen molar-refractivity contribution >= 4 is 39.0 Å². The van der Waals surface area contributed by atoms with Gasteiger partial charge >= 0.3 is 0 Å². The first kappa shape index (κ1) is 17.9. The van der Waals surface area contributed by atoms with Crippen molar-refractivity contribution in [1.82, 2.24) is 4.98 Å². The predicted octanol–water partition coefficient (Wildman–Crippen LogP) is 3.43. The monoisotopic (exact) mass is 376 g/mol. The molecule has 0 spiro atoms. The summed E-state index contributed by atoms with van der Waals surface area (Å²) in [4.78, 5) is 29.8. The summed E-state index contributed by atoms with van der Waals surface area (Å²) in [5.74, 6) is 0.231. The number of thiazole rings is 1. The summed E-state index contributed by atoms with van der Waals surface area (Å²) in [5, 5.41) is 3.23. The molecule has 132 valence electrons. The second-order valence-electron chi connectivity index (χ2n) is 7.11. The van der Waals surface area contributed by atoms with Crippen molar-refractivity contribution in [3.8, 4) is 0 Å². The van der Waals surface area contributed by atoms with Crippen molar-refractivity contribution in [2.75, 3.05) is 11.6 Å². The molecule has 1 aliphatic carbocycles. The number of amides is 1. The van der Waals surface area contributed by atoms with Crippen LogP contribution in [0, 0.1) is 5.41 Å². The Morgan fingerprint density at radius 1 is 1.36 bits per heavy atom.